The Morgan fingerprint density at radius 1 is 1.28 bits per heavy atom. The molecule has 0 aliphatic carbocycles. The van der Waals surface area contributed by atoms with E-state index in [0.717, 1.165) is 6.07 Å². The highest BCUT2D eigenvalue weighted by Crippen LogP contribution is 2.50. The van der Waals surface area contributed by atoms with Gasteiger partial charge in [-0.15, -0.1) is 0 Å². The molecule has 2 aliphatic rings. The lowest BCUT2D eigenvalue weighted by atomic mass is 9.72. The van der Waals surface area contributed by atoms with E-state index in [2.05, 4.69) is 5.32 Å². The largest absolute Gasteiger partial charge is 0.379 e. The lowest BCUT2D eigenvalue weighted by Gasteiger charge is -2.49. The van der Waals surface area contributed by atoms with Crippen molar-refractivity contribution < 1.29 is 23.0 Å². The van der Waals surface area contributed by atoms with E-state index in [0.29, 0.717) is 30.4 Å². The molecule has 1 amide bonds. The first-order valence-corrected chi connectivity index (χ1v) is 11.6. The molecule has 32 heavy (non-hydrogen) atoms. The van der Waals surface area contributed by atoms with Gasteiger partial charge in [-0.3, -0.25) is 4.79 Å². The highest BCUT2D eigenvalue weighted by Gasteiger charge is 2.52. The number of aliphatic imine (C=N–C) groups is 1. The van der Waals surface area contributed by atoms with Gasteiger partial charge in [-0.1, -0.05) is 43.0 Å². The van der Waals surface area contributed by atoms with Crippen LogP contribution in [0.1, 0.15) is 36.2 Å². The Labute approximate surface area is 190 Å². The molecule has 170 valence electrons. The average molecular weight is 461 g/mol. The smallest absolute Gasteiger partial charge is 0.257 e. The monoisotopic (exact) mass is 460 g/mol. The number of hydrogen-bond acceptors (Lipinski definition) is 5. The van der Waals surface area contributed by atoms with Crippen molar-refractivity contribution in [3.63, 3.8) is 0 Å². The molecule has 1 saturated heterocycles. The van der Waals surface area contributed by atoms with E-state index in [9.17, 15) is 13.6 Å². The number of nitrogens with zero attached hydrogens (tertiary/aromatic N) is 1. The van der Waals surface area contributed by atoms with Crippen molar-refractivity contribution in [2.75, 3.05) is 19.8 Å². The number of carbonyl (C=O) groups excluding carboxylic acids is 1. The Hall–Kier alpha value is -2.29. The first-order chi connectivity index (χ1) is 15.4. The molecular formula is C24H26F2N2O3S. The Morgan fingerprint density at radius 2 is 2.06 bits per heavy atom. The van der Waals surface area contributed by atoms with Crippen molar-refractivity contribution in [3.05, 3.63) is 71.3 Å². The standard InChI is InChI=1S/C24H26F2N2O3S/c1-3-30-13-18-12-20-15(2)32-23(27-22(29)16-7-5-4-6-8-16)28-24(20,14-31-18)19-10-9-17(25)11-21(19)26/h4-11,15,18,20H,3,12-14H2,1-2H3,(H,27,28,29). The van der Waals surface area contributed by atoms with Gasteiger partial charge in [0.25, 0.3) is 5.91 Å². The highest BCUT2D eigenvalue weighted by molar-refractivity contribution is 8.14. The highest BCUT2D eigenvalue weighted by atomic mass is 32.2. The van der Waals surface area contributed by atoms with E-state index in [4.69, 9.17) is 14.5 Å². The Balaban J connectivity index is 1.70. The van der Waals surface area contributed by atoms with Crippen LogP contribution in [0.25, 0.3) is 0 Å². The summed E-state index contributed by atoms with van der Waals surface area (Å²) in [6, 6.07) is 12.4. The molecule has 2 heterocycles. The van der Waals surface area contributed by atoms with Crippen LogP contribution in [0.4, 0.5) is 8.78 Å². The molecule has 0 bridgehead atoms. The normalized spacial score (nSPS) is 27.4. The molecule has 1 fully saturated rings. The minimum atomic E-state index is -1.07. The quantitative estimate of drug-likeness (QED) is 0.713. The van der Waals surface area contributed by atoms with Gasteiger partial charge in [-0.05, 0) is 31.5 Å². The number of amidine groups is 1. The van der Waals surface area contributed by atoms with Crippen LogP contribution in [0.3, 0.4) is 0 Å². The lowest BCUT2D eigenvalue weighted by molar-refractivity contribution is -0.0931. The molecule has 0 aromatic heterocycles. The van der Waals surface area contributed by atoms with Gasteiger partial charge < -0.3 is 14.8 Å². The number of benzene rings is 2. The molecule has 5 nitrogen and oxygen atoms in total. The predicted octanol–water partition coefficient (Wildman–Crippen LogP) is 4.52. The second-order valence-electron chi connectivity index (χ2n) is 8.04. The van der Waals surface area contributed by atoms with Gasteiger partial charge in [-0.2, -0.15) is 0 Å². The minimum absolute atomic E-state index is 0.0102. The number of carbonyl (C=O) groups is 1. The number of hydrogen-bond donors (Lipinski definition) is 1. The summed E-state index contributed by atoms with van der Waals surface area (Å²) in [4.78, 5) is 17.6. The molecule has 4 rings (SSSR count). The zero-order valence-electron chi connectivity index (χ0n) is 18.0. The van der Waals surface area contributed by atoms with Crippen LogP contribution in [0.15, 0.2) is 53.5 Å². The molecule has 1 N–H and O–H groups in total. The predicted molar refractivity (Wildman–Crippen MR) is 121 cm³/mol. The summed E-state index contributed by atoms with van der Waals surface area (Å²) < 4.78 is 40.3. The third-order valence-corrected chi connectivity index (χ3v) is 7.11. The van der Waals surface area contributed by atoms with E-state index in [1.54, 1.807) is 24.3 Å². The number of thioether (sulfide) groups is 1. The van der Waals surface area contributed by atoms with E-state index in [1.807, 2.05) is 19.9 Å². The first kappa shape index (κ1) is 22.9. The summed E-state index contributed by atoms with van der Waals surface area (Å²) in [7, 11) is 0. The summed E-state index contributed by atoms with van der Waals surface area (Å²) in [5, 5.41) is 3.28. The molecule has 0 saturated carbocycles. The molecule has 2 aliphatic heterocycles. The maximum absolute atomic E-state index is 15.0. The van der Waals surface area contributed by atoms with Gasteiger partial charge in [0.05, 0.1) is 19.3 Å². The third-order valence-electron chi connectivity index (χ3n) is 6.00. The summed E-state index contributed by atoms with van der Waals surface area (Å²) in [5.41, 5.74) is -0.286. The van der Waals surface area contributed by atoms with Crippen LogP contribution >= 0.6 is 11.8 Å². The van der Waals surface area contributed by atoms with E-state index < -0.39 is 17.2 Å². The van der Waals surface area contributed by atoms with Gasteiger partial charge in [0.1, 0.15) is 17.2 Å². The van der Waals surface area contributed by atoms with Crippen molar-refractivity contribution in [2.45, 2.75) is 37.2 Å². The number of amides is 1. The average Bonchev–Trinajstić information content (AvgIpc) is 2.78. The lowest BCUT2D eigenvalue weighted by Crippen LogP contribution is -2.54. The number of rotatable bonds is 5. The summed E-state index contributed by atoms with van der Waals surface area (Å²) >= 11 is 1.45. The van der Waals surface area contributed by atoms with Gasteiger partial charge in [0.15, 0.2) is 5.17 Å². The van der Waals surface area contributed by atoms with E-state index in [1.165, 1.54) is 23.9 Å². The minimum Gasteiger partial charge on any atom is -0.379 e. The second-order valence-corrected chi connectivity index (χ2v) is 9.41. The fourth-order valence-corrected chi connectivity index (χ4v) is 5.64. The fourth-order valence-electron chi connectivity index (χ4n) is 4.42. The maximum Gasteiger partial charge on any atom is 0.257 e. The van der Waals surface area contributed by atoms with Crippen LogP contribution in [-0.4, -0.2) is 42.2 Å². The second kappa shape index (κ2) is 9.68. The van der Waals surface area contributed by atoms with E-state index >= 15 is 0 Å². The molecule has 0 radical (unpaired) electrons. The number of nitrogens with one attached hydrogen (secondary N) is 1. The van der Waals surface area contributed by atoms with Gasteiger partial charge in [0, 0.05) is 35.0 Å². The Kier molecular flexibility index (Phi) is 6.93. The molecular weight excluding hydrogens is 434 g/mol. The zero-order valence-corrected chi connectivity index (χ0v) is 18.8. The number of ether oxygens (including phenoxy) is 2. The Morgan fingerprint density at radius 3 is 2.78 bits per heavy atom. The van der Waals surface area contributed by atoms with Gasteiger partial charge in [-0.25, -0.2) is 13.8 Å². The number of halogens is 2. The number of fused-ring (bicyclic) bond motifs is 1. The van der Waals surface area contributed by atoms with Crippen LogP contribution in [0.2, 0.25) is 0 Å². The van der Waals surface area contributed by atoms with Gasteiger partial charge in [0.2, 0.25) is 0 Å². The van der Waals surface area contributed by atoms with Crippen molar-refractivity contribution in [1.29, 1.82) is 0 Å². The zero-order chi connectivity index (χ0) is 22.7. The van der Waals surface area contributed by atoms with Crippen LogP contribution < -0.4 is 5.32 Å². The molecule has 2 aromatic carbocycles. The maximum atomic E-state index is 15.0. The topological polar surface area (TPSA) is 59.9 Å². The molecule has 0 spiro atoms. The molecule has 2 aromatic rings. The molecule has 4 atom stereocenters. The van der Waals surface area contributed by atoms with Crippen LogP contribution in [0, 0.1) is 17.6 Å². The van der Waals surface area contributed by atoms with Crippen molar-refractivity contribution in [1.82, 2.24) is 5.32 Å². The SMILES string of the molecule is CCOCC1CC2C(C)SC(NC(=O)c3ccccc3)=NC2(c2ccc(F)cc2F)CO1. The van der Waals surface area contributed by atoms with Crippen LogP contribution in [0.5, 0.6) is 0 Å². The third kappa shape index (κ3) is 4.58. The summed E-state index contributed by atoms with van der Waals surface area (Å²) in [6.07, 6.45) is 0.490. The van der Waals surface area contributed by atoms with Gasteiger partial charge >= 0.3 is 0 Å². The van der Waals surface area contributed by atoms with Crippen molar-refractivity contribution in [2.24, 2.45) is 10.9 Å². The first-order valence-electron chi connectivity index (χ1n) is 10.7. The van der Waals surface area contributed by atoms with E-state index in [-0.39, 0.29) is 35.3 Å². The van der Waals surface area contributed by atoms with Crippen molar-refractivity contribution >= 4 is 22.8 Å². The fraction of sp³-hybridized carbons (Fsp3) is 0.417. The summed E-state index contributed by atoms with van der Waals surface area (Å²) in [6.45, 7) is 5.12. The molecule has 8 heteroatoms. The Bertz CT molecular complexity index is 1000. The van der Waals surface area contributed by atoms with Crippen LogP contribution in [-0.2, 0) is 15.0 Å². The summed E-state index contributed by atoms with van der Waals surface area (Å²) in [5.74, 6) is -1.68. The van der Waals surface area contributed by atoms with Crippen molar-refractivity contribution in [3.8, 4) is 0 Å². The molecule has 4 unspecified atom stereocenters.